The molecule has 1 N–H and O–H groups in total. The van der Waals surface area contributed by atoms with Crippen LogP contribution < -0.4 is 5.32 Å². The minimum absolute atomic E-state index is 0.0734. The summed E-state index contributed by atoms with van der Waals surface area (Å²) < 4.78 is 29.3. The van der Waals surface area contributed by atoms with Crippen molar-refractivity contribution in [2.75, 3.05) is 11.1 Å². The van der Waals surface area contributed by atoms with Crippen molar-refractivity contribution >= 4 is 23.4 Å². The molecule has 28 heavy (non-hydrogen) atoms. The fourth-order valence-electron chi connectivity index (χ4n) is 2.66. The molecule has 146 valence electrons. The number of benzene rings is 2. The van der Waals surface area contributed by atoms with Crippen LogP contribution >= 0.6 is 11.8 Å². The summed E-state index contributed by atoms with van der Waals surface area (Å²) in [6, 6.07) is 12.1. The molecule has 0 fully saturated rings. The van der Waals surface area contributed by atoms with Gasteiger partial charge in [0, 0.05) is 12.2 Å². The normalized spacial score (nSPS) is 11.0. The monoisotopic (exact) mass is 402 g/mol. The predicted molar refractivity (Wildman–Crippen MR) is 106 cm³/mol. The van der Waals surface area contributed by atoms with E-state index in [0.29, 0.717) is 28.8 Å². The van der Waals surface area contributed by atoms with Gasteiger partial charge in [0.15, 0.2) is 11.0 Å². The second-order valence-corrected chi connectivity index (χ2v) is 7.58. The fraction of sp³-hybridized carbons (Fsp3) is 0.250. The first-order chi connectivity index (χ1) is 13.4. The van der Waals surface area contributed by atoms with Crippen LogP contribution in [0.15, 0.2) is 53.7 Å². The molecule has 0 aliphatic carbocycles. The topological polar surface area (TPSA) is 59.8 Å². The maximum Gasteiger partial charge on any atom is 0.234 e. The van der Waals surface area contributed by atoms with Gasteiger partial charge >= 0.3 is 0 Å². The van der Waals surface area contributed by atoms with Gasteiger partial charge in [0.1, 0.15) is 11.6 Å². The third-order valence-corrected chi connectivity index (χ3v) is 4.79. The van der Waals surface area contributed by atoms with E-state index in [-0.39, 0.29) is 23.4 Å². The summed E-state index contributed by atoms with van der Waals surface area (Å²) in [4.78, 5) is 12.2. The third-order valence-electron chi connectivity index (χ3n) is 3.82. The highest BCUT2D eigenvalue weighted by molar-refractivity contribution is 7.99. The summed E-state index contributed by atoms with van der Waals surface area (Å²) in [6.45, 7) is 4.66. The maximum atomic E-state index is 14.2. The van der Waals surface area contributed by atoms with E-state index in [4.69, 9.17) is 0 Å². The summed E-state index contributed by atoms with van der Waals surface area (Å²) >= 11 is 1.20. The highest BCUT2D eigenvalue weighted by Crippen LogP contribution is 2.27. The van der Waals surface area contributed by atoms with Gasteiger partial charge in [0.05, 0.1) is 11.3 Å². The Morgan fingerprint density at radius 3 is 2.64 bits per heavy atom. The van der Waals surface area contributed by atoms with Crippen LogP contribution in [0.2, 0.25) is 0 Å². The van der Waals surface area contributed by atoms with Gasteiger partial charge < -0.3 is 9.88 Å². The van der Waals surface area contributed by atoms with Crippen LogP contribution in [0.25, 0.3) is 11.4 Å². The Morgan fingerprint density at radius 1 is 1.14 bits per heavy atom. The van der Waals surface area contributed by atoms with Gasteiger partial charge in [-0.1, -0.05) is 43.8 Å². The largest absolute Gasteiger partial charge is 0.325 e. The van der Waals surface area contributed by atoms with Crippen molar-refractivity contribution in [3.8, 4) is 11.4 Å². The van der Waals surface area contributed by atoms with Crippen LogP contribution in [0.1, 0.15) is 13.8 Å². The van der Waals surface area contributed by atoms with Gasteiger partial charge in [0.25, 0.3) is 0 Å². The van der Waals surface area contributed by atoms with E-state index in [1.807, 2.05) is 18.4 Å². The van der Waals surface area contributed by atoms with E-state index >= 15 is 0 Å². The number of anilines is 1. The van der Waals surface area contributed by atoms with Crippen LogP contribution in [0.3, 0.4) is 0 Å². The molecule has 3 aromatic rings. The van der Waals surface area contributed by atoms with E-state index in [0.717, 1.165) is 0 Å². The lowest BCUT2D eigenvalue weighted by atomic mass is 10.2. The molecule has 0 saturated heterocycles. The molecular weight excluding hydrogens is 382 g/mol. The quantitative estimate of drug-likeness (QED) is 0.587. The van der Waals surface area contributed by atoms with E-state index in [1.165, 1.54) is 36.0 Å². The molecule has 0 spiro atoms. The number of carbonyl (C=O) groups excluding carboxylic acids is 1. The Morgan fingerprint density at radius 2 is 1.93 bits per heavy atom. The summed E-state index contributed by atoms with van der Waals surface area (Å²) in [5, 5.41) is 11.5. The molecular formula is C20H20F2N4OS. The Labute approximate surface area is 166 Å². The molecule has 2 aromatic carbocycles. The number of hydrogen-bond donors (Lipinski definition) is 1. The van der Waals surface area contributed by atoms with Crippen LogP contribution in [0, 0.1) is 17.6 Å². The van der Waals surface area contributed by atoms with Crippen LogP contribution in [0.4, 0.5) is 14.5 Å². The third kappa shape index (κ3) is 4.95. The van der Waals surface area contributed by atoms with E-state index < -0.39 is 5.82 Å². The van der Waals surface area contributed by atoms with Crippen LogP contribution in [-0.2, 0) is 11.3 Å². The van der Waals surface area contributed by atoms with Crippen molar-refractivity contribution in [2.24, 2.45) is 5.92 Å². The number of halogens is 2. The number of hydrogen-bond acceptors (Lipinski definition) is 4. The first-order valence-electron chi connectivity index (χ1n) is 8.80. The highest BCUT2D eigenvalue weighted by Gasteiger charge is 2.18. The number of amides is 1. The first kappa shape index (κ1) is 20.0. The first-order valence-corrected chi connectivity index (χ1v) is 9.79. The molecule has 1 amide bonds. The van der Waals surface area contributed by atoms with E-state index in [2.05, 4.69) is 15.5 Å². The lowest BCUT2D eigenvalue weighted by molar-refractivity contribution is -0.113. The molecule has 0 radical (unpaired) electrons. The number of aromatic nitrogens is 3. The summed E-state index contributed by atoms with van der Waals surface area (Å²) in [7, 11) is 0. The van der Waals surface area contributed by atoms with Gasteiger partial charge in [-0.05, 0) is 36.2 Å². The molecule has 1 aromatic heterocycles. The van der Waals surface area contributed by atoms with Crippen LogP contribution in [0.5, 0.6) is 0 Å². The lowest BCUT2D eigenvalue weighted by Crippen LogP contribution is -2.15. The standard InChI is InChI=1S/C20H20F2N4OS/c1-13(2)11-26-19(16-8-3-4-9-17(16)22)24-25-20(26)28-12-18(27)23-15-7-5-6-14(21)10-15/h3-10,13H,11-12H2,1-2H3,(H,23,27). The van der Waals surface area contributed by atoms with Crippen molar-refractivity contribution < 1.29 is 13.6 Å². The molecule has 0 unspecified atom stereocenters. The Hall–Kier alpha value is -2.74. The second kappa shape index (κ2) is 8.97. The SMILES string of the molecule is CC(C)Cn1c(SCC(=O)Nc2cccc(F)c2)nnc1-c1ccccc1F. The minimum atomic E-state index is -0.420. The van der Waals surface area contributed by atoms with Crippen LogP contribution in [-0.4, -0.2) is 26.4 Å². The summed E-state index contributed by atoms with van der Waals surface area (Å²) in [5.41, 5.74) is 0.757. The zero-order valence-corrected chi connectivity index (χ0v) is 16.3. The molecule has 0 aliphatic heterocycles. The smallest absolute Gasteiger partial charge is 0.234 e. The number of carbonyl (C=O) groups is 1. The molecule has 1 heterocycles. The molecule has 8 heteroatoms. The number of nitrogens with one attached hydrogen (secondary N) is 1. The predicted octanol–water partition coefficient (Wildman–Crippen LogP) is 4.61. The number of rotatable bonds is 7. The average molecular weight is 402 g/mol. The van der Waals surface area contributed by atoms with Gasteiger partial charge in [-0.15, -0.1) is 10.2 Å². The van der Waals surface area contributed by atoms with E-state index in [9.17, 15) is 13.6 Å². The molecule has 0 saturated carbocycles. The number of thioether (sulfide) groups is 1. The van der Waals surface area contributed by atoms with Gasteiger partial charge in [0.2, 0.25) is 5.91 Å². The highest BCUT2D eigenvalue weighted by atomic mass is 32.2. The minimum Gasteiger partial charge on any atom is -0.325 e. The Bertz CT molecular complexity index is 974. The molecule has 0 aliphatic rings. The van der Waals surface area contributed by atoms with Crippen molar-refractivity contribution in [3.05, 3.63) is 60.2 Å². The van der Waals surface area contributed by atoms with Crippen molar-refractivity contribution in [2.45, 2.75) is 25.5 Å². The average Bonchev–Trinajstić information content (AvgIpc) is 3.02. The Kier molecular flexibility index (Phi) is 6.41. The summed E-state index contributed by atoms with van der Waals surface area (Å²) in [6.07, 6.45) is 0. The zero-order valence-electron chi connectivity index (χ0n) is 15.5. The fourth-order valence-corrected chi connectivity index (χ4v) is 3.41. The molecule has 5 nitrogen and oxygen atoms in total. The number of nitrogens with zero attached hydrogens (tertiary/aromatic N) is 3. The van der Waals surface area contributed by atoms with Gasteiger partial charge in [-0.3, -0.25) is 4.79 Å². The van der Waals surface area contributed by atoms with Crippen molar-refractivity contribution in [3.63, 3.8) is 0 Å². The zero-order chi connectivity index (χ0) is 20.1. The van der Waals surface area contributed by atoms with Gasteiger partial charge in [-0.2, -0.15) is 0 Å². The van der Waals surface area contributed by atoms with Crippen molar-refractivity contribution in [1.82, 2.24) is 14.8 Å². The lowest BCUT2D eigenvalue weighted by Gasteiger charge is -2.13. The molecule has 3 rings (SSSR count). The second-order valence-electron chi connectivity index (χ2n) is 6.64. The maximum absolute atomic E-state index is 14.2. The molecule has 0 bridgehead atoms. The molecule has 0 atom stereocenters. The van der Waals surface area contributed by atoms with Crippen molar-refractivity contribution in [1.29, 1.82) is 0 Å². The van der Waals surface area contributed by atoms with Gasteiger partial charge in [-0.25, -0.2) is 8.78 Å². The summed E-state index contributed by atoms with van der Waals surface area (Å²) in [5.74, 6) is -0.301. The van der Waals surface area contributed by atoms with E-state index in [1.54, 1.807) is 24.3 Å². The Balaban J connectivity index is 1.76.